The molecule has 0 amide bonds. The van der Waals surface area contributed by atoms with Crippen molar-refractivity contribution in [2.24, 2.45) is 0 Å². The highest BCUT2D eigenvalue weighted by atomic mass is 15.1. The molecule has 6 nitrogen and oxygen atoms in total. The van der Waals surface area contributed by atoms with Crippen LogP contribution in [-0.4, -0.2) is 18.3 Å². The van der Waals surface area contributed by atoms with Gasteiger partial charge in [0.1, 0.15) is 28.6 Å². The Kier molecular flexibility index (Phi) is 7.73. The molecule has 62 heavy (non-hydrogen) atoms. The van der Waals surface area contributed by atoms with Crippen molar-refractivity contribution in [3.05, 3.63) is 189 Å². The van der Waals surface area contributed by atoms with E-state index in [0.717, 1.165) is 102 Å². The maximum Gasteiger partial charge on any atom is 0.105 e. The van der Waals surface area contributed by atoms with Crippen LogP contribution in [0.2, 0.25) is 0 Å². The summed E-state index contributed by atoms with van der Waals surface area (Å²) >= 11 is 0. The fraction of sp³-hybridized carbons (Fsp3) is 0.0714. The minimum Gasteiger partial charge on any atom is -0.309 e. The van der Waals surface area contributed by atoms with Gasteiger partial charge in [0.15, 0.2) is 0 Å². The number of fused-ring (bicyclic) bond motifs is 10. The zero-order valence-electron chi connectivity index (χ0n) is 33.8. The minimum atomic E-state index is 0.366. The van der Waals surface area contributed by atoms with Gasteiger partial charge in [-0.15, -0.1) is 0 Å². The highest BCUT2D eigenvalue weighted by Crippen LogP contribution is 2.45. The van der Waals surface area contributed by atoms with E-state index >= 15 is 0 Å². The van der Waals surface area contributed by atoms with Crippen molar-refractivity contribution in [3.8, 4) is 34.9 Å². The monoisotopic (exact) mass is 792 g/mol. The number of hydrogen-bond donors (Lipinski definition) is 0. The fourth-order valence-corrected chi connectivity index (χ4v) is 10.6. The van der Waals surface area contributed by atoms with E-state index in [1.165, 1.54) is 16.6 Å². The number of hydrogen-bond acceptors (Lipinski definition) is 2. The molecule has 0 radical (unpaired) electrons. The van der Waals surface area contributed by atoms with Gasteiger partial charge >= 0.3 is 0 Å². The Morgan fingerprint density at radius 2 is 1.06 bits per heavy atom. The summed E-state index contributed by atoms with van der Waals surface area (Å²) in [6, 6.07) is 47.3. The van der Waals surface area contributed by atoms with Gasteiger partial charge in [0.05, 0.1) is 55.7 Å². The largest absolute Gasteiger partial charge is 0.309 e. The van der Waals surface area contributed by atoms with Crippen LogP contribution in [0.4, 0.5) is 0 Å². The van der Waals surface area contributed by atoms with Crippen LogP contribution in [0.5, 0.6) is 0 Å². The second-order valence-corrected chi connectivity index (χ2v) is 16.1. The van der Waals surface area contributed by atoms with Crippen molar-refractivity contribution in [2.75, 3.05) is 0 Å². The number of aryl methyl sites for hydroxylation is 1. The third-order valence-electron chi connectivity index (χ3n) is 13.0. The molecule has 0 unspecified atom stereocenters. The molecule has 12 rings (SSSR count). The molecule has 290 valence electrons. The van der Waals surface area contributed by atoms with Gasteiger partial charge < -0.3 is 13.7 Å². The molecule has 10 aromatic rings. The van der Waals surface area contributed by atoms with E-state index in [0.29, 0.717) is 28.2 Å². The lowest BCUT2D eigenvalue weighted by Gasteiger charge is -2.28. The summed E-state index contributed by atoms with van der Waals surface area (Å²) in [5, 5.41) is 32.8. The van der Waals surface area contributed by atoms with E-state index in [4.69, 9.17) is 0 Å². The first-order valence-electron chi connectivity index (χ1n) is 21.0. The Labute approximate surface area is 356 Å². The van der Waals surface area contributed by atoms with Gasteiger partial charge in [-0.25, -0.2) is 0 Å². The maximum absolute atomic E-state index is 12.1. The topological polar surface area (TPSA) is 67.3 Å². The highest BCUT2D eigenvalue weighted by Gasteiger charge is 2.35. The van der Waals surface area contributed by atoms with Crippen molar-refractivity contribution in [1.29, 1.82) is 10.5 Å². The SMILES string of the molecule is C=C/C=c1\c(=C)c2ccccc2n1-c1c(C#N)c(-n2c3ccccc3c3ccccc32)c(C#N)c(-n2c3c(c4ccccc42)=CC=C=C=3)c1-n1c2c(c3ccccc31)CCCC2. The van der Waals surface area contributed by atoms with Crippen LogP contribution < -0.4 is 21.1 Å². The third-order valence-corrected chi connectivity index (χ3v) is 13.0. The predicted octanol–water partition coefficient (Wildman–Crippen LogP) is 9.50. The molecule has 2 aliphatic rings. The van der Waals surface area contributed by atoms with E-state index in [-0.39, 0.29) is 0 Å². The third kappa shape index (κ3) is 4.68. The number of nitriles is 2. The van der Waals surface area contributed by atoms with Crippen LogP contribution >= 0.6 is 0 Å². The molecular weight excluding hydrogens is 757 g/mol. The lowest BCUT2D eigenvalue weighted by Crippen LogP contribution is -2.32. The van der Waals surface area contributed by atoms with Crippen LogP contribution in [0.25, 0.3) is 102 Å². The quantitative estimate of drug-likeness (QED) is 0.163. The summed E-state index contributed by atoms with van der Waals surface area (Å²) in [5.41, 5.74) is 17.2. The average molecular weight is 793 g/mol. The van der Waals surface area contributed by atoms with Crippen LogP contribution in [0.1, 0.15) is 35.2 Å². The lowest BCUT2D eigenvalue weighted by molar-refractivity contribution is 0.666. The molecule has 0 spiro atoms. The smallest absolute Gasteiger partial charge is 0.105 e. The van der Waals surface area contributed by atoms with E-state index in [2.05, 4.69) is 140 Å². The number of aromatic nitrogens is 4. The number of para-hydroxylation sites is 5. The van der Waals surface area contributed by atoms with Gasteiger partial charge in [-0.1, -0.05) is 116 Å². The molecule has 0 saturated heterocycles. The van der Waals surface area contributed by atoms with Gasteiger partial charge in [-0.2, -0.15) is 10.5 Å². The molecule has 4 aromatic heterocycles. The number of allylic oxidation sites excluding steroid dienone is 2. The molecule has 0 aliphatic heterocycles. The van der Waals surface area contributed by atoms with Gasteiger partial charge in [0, 0.05) is 43.1 Å². The Hall–Kier alpha value is -8.50. The molecule has 2 aliphatic carbocycles. The first kappa shape index (κ1) is 35.4. The highest BCUT2D eigenvalue weighted by molar-refractivity contribution is 6.10. The maximum atomic E-state index is 12.1. The lowest BCUT2D eigenvalue weighted by atomic mass is 9.95. The van der Waals surface area contributed by atoms with Crippen molar-refractivity contribution in [1.82, 2.24) is 18.3 Å². The molecule has 0 N–H and O–H groups in total. The summed E-state index contributed by atoms with van der Waals surface area (Å²) in [7, 11) is 0. The van der Waals surface area contributed by atoms with Crippen molar-refractivity contribution >= 4 is 79.0 Å². The second-order valence-electron chi connectivity index (χ2n) is 16.1. The standard InChI is InChI=1S/C56H36N6/c1-3-18-45-35(2)36-19-4-11-26-46(36)59(45)54-43(33-57)53(60-47-27-12-5-20-37(47)38-21-6-13-28-48(38)60)44(34-58)55(61-49-29-14-7-22-39(49)40-23-8-15-30-50(40)61)56(54)62-51-31-16-9-24-41(51)42-25-10-17-32-52(42)62/h3-9,11-14,16,18-24,26-29,31H,1-2,10,17,25,32H2/b45-18+. The molecular formula is C56H36N6. The summed E-state index contributed by atoms with van der Waals surface area (Å²) in [4.78, 5) is 0. The summed E-state index contributed by atoms with van der Waals surface area (Å²) < 4.78 is 8.92. The predicted molar refractivity (Wildman–Crippen MR) is 252 cm³/mol. The number of benzene rings is 6. The Balaban J connectivity index is 1.47. The molecule has 4 heterocycles. The summed E-state index contributed by atoms with van der Waals surface area (Å²) in [6.07, 6.45) is 11.6. The fourth-order valence-electron chi connectivity index (χ4n) is 10.6. The van der Waals surface area contributed by atoms with Crippen molar-refractivity contribution in [2.45, 2.75) is 25.7 Å². The van der Waals surface area contributed by atoms with Crippen LogP contribution in [-0.2, 0) is 12.8 Å². The molecule has 0 saturated carbocycles. The molecule has 0 bridgehead atoms. The van der Waals surface area contributed by atoms with E-state index in [1.54, 1.807) is 6.08 Å². The summed E-state index contributed by atoms with van der Waals surface area (Å²) in [5.74, 6) is 0. The Morgan fingerprint density at radius 3 is 1.69 bits per heavy atom. The van der Waals surface area contributed by atoms with Crippen LogP contribution in [0.15, 0.2) is 146 Å². The Morgan fingerprint density at radius 1 is 0.548 bits per heavy atom. The van der Waals surface area contributed by atoms with Crippen molar-refractivity contribution in [3.63, 3.8) is 0 Å². The van der Waals surface area contributed by atoms with Crippen LogP contribution in [0.3, 0.4) is 0 Å². The van der Waals surface area contributed by atoms with E-state index in [9.17, 15) is 10.5 Å². The molecule has 0 fully saturated rings. The van der Waals surface area contributed by atoms with Gasteiger partial charge in [-0.3, -0.25) is 4.57 Å². The van der Waals surface area contributed by atoms with Gasteiger partial charge in [-0.05, 0) is 85.5 Å². The van der Waals surface area contributed by atoms with E-state index in [1.807, 2.05) is 54.6 Å². The second kappa shape index (κ2) is 13.5. The first-order valence-corrected chi connectivity index (χ1v) is 21.0. The van der Waals surface area contributed by atoms with Crippen molar-refractivity contribution < 1.29 is 0 Å². The number of nitrogens with zero attached hydrogens (tertiary/aromatic N) is 6. The van der Waals surface area contributed by atoms with Gasteiger partial charge in [0.2, 0.25) is 0 Å². The normalized spacial score (nSPS) is 13.4. The zero-order chi connectivity index (χ0) is 41.6. The zero-order valence-corrected chi connectivity index (χ0v) is 33.8. The average Bonchev–Trinajstić information content (AvgIpc) is 4.03. The summed E-state index contributed by atoms with van der Waals surface area (Å²) in [6.45, 7) is 8.83. The first-order chi connectivity index (χ1) is 30.6. The molecule has 0 atom stereocenters. The van der Waals surface area contributed by atoms with Gasteiger partial charge in [0.25, 0.3) is 0 Å². The Bertz CT molecular complexity index is 4020. The molecule has 6 aromatic carbocycles. The number of rotatable bonds is 5. The molecule has 6 heteroatoms. The van der Waals surface area contributed by atoms with E-state index < -0.39 is 0 Å². The minimum absolute atomic E-state index is 0.366. The van der Waals surface area contributed by atoms with Crippen LogP contribution in [0, 0.1) is 22.7 Å².